The molecule has 1 aliphatic heterocycles. The minimum Gasteiger partial charge on any atom is -0.467 e. The van der Waals surface area contributed by atoms with E-state index in [2.05, 4.69) is 48.2 Å². The molecule has 0 saturated heterocycles. The van der Waals surface area contributed by atoms with Gasteiger partial charge >= 0.3 is 0 Å². The molecule has 0 spiro atoms. The predicted molar refractivity (Wildman–Crippen MR) is 129 cm³/mol. The average Bonchev–Trinajstić information content (AvgIpc) is 3.51. The first-order valence-electron chi connectivity index (χ1n) is 12.0. The Morgan fingerprint density at radius 2 is 2.03 bits per heavy atom. The number of carbonyl (C=O) groups excluding carboxylic acids is 1. The van der Waals surface area contributed by atoms with E-state index < -0.39 is 0 Å². The van der Waals surface area contributed by atoms with E-state index >= 15 is 0 Å². The fraction of sp³-hybridized carbons (Fsp3) is 0.407. The van der Waals surface area contributed by atoms with E-state index in [1.54, 1.807) is 11.2 Å². The lowest BCUT2D eigenvalue weighted by Crippen LogP contribution is -2.42. The summed E-state index contributed by atoms with van der Waals surface area (Å²) < 4.78 is 7.47. The van der Waals surface area contributed by atoms with E-state index in [0.717, 1.165) is 56.6 Å². The number of furan rings is 1. The Kier molecular flexibility index (Phi) is 6.18. The highest BCUT2D eigenvalue weighted by molar-refractivity contribution is 5.94. The zero-order valence-corrected chi connectivity index (χ0v) is 19.5. The number of nitrogens with zero attached hydrogens (tertiary/aromatic N) is 4. The molecule has 5 rings (SSSR count). The molecule has 1 atom stereocenters. The van der Waals surface area contributed by atoms with Crippen LogP contribution in [0.2, 0.25) is 0 Å². The Morgan fingerprint density at radius 1 is 1.18 bits per heavy atom. The van der Waals surface area contributed by atoms with Crippen molar-refractivity contribution >= 4 is 11.5 Å². The molecule has 3 heterocycles. The van der Waals surface area contributed by atoms with Gasteiger partial charge in [0.25, 0.3) is 5.91 Å². The van der Waals surface area contributed by atoms with Crippen molar-refractivity contribution in [3.63, 3.8) is 0 Å². The Bertz CT molecular complexity index is 1130. The Morgan fingerprint density at radius 3 is 2.73 bits per heavy atom. The first-order chi connectivity index (χ1) is 16.1. The zero-order valence-electron chi connectivity index (χ0n) is 19.5. The van der Waals surface area contributed by atoms with Gasteiger partial charge in [0.2, 0.25) is 0 Å². The van der Waals surface area contributed by atoms with Gasteiger partial charge in [-0.3, -0.25) is 14.4 Å². The third-order valence-corrected chi connectivity index (χ3v) is 7.04. The second-order valence-corrected chi connectivity index (χ2v) is 9.07. The molecular formula is C27H32N4O2. The molecule has 3 aromatic rings. The van der Waals surface area contributed by atoms with Gasteiger partial charge in [0.15, 0.2) is 5.69 Å². The van der Waals surface area contributed by atoms with Crippen molar-refractivity contribution in [2.45, 2.75) is 51.7 Å². The number of benzene rings is 1. The molecule has 2 aliphatic rings. The van der Waals surface area contributed by atoms with E-state index in [1.165, 1.54) is 16.8 Å². The second kappa shape index (κ2) is 9.40. The lowest BCUT2D eigenvalue weighted by Gasteiger charge is -2.36. The number of fused-ring (bicyclic) bond motifs is 1. The topological polar surface area (TPSA) is 54.5 Å². The molecule has 0 bridgehead atoms. The van der Waals surface area contributed by atoms with Gasteiger partial charge in [-0.1, -0.05) is 36.4 Å². The van der Waals surface area contributed by atoms with Crippen molar-refractivity contribution in [1.29, 1.82) is 0 Å². The van der Waals surface area contributed by atoms with Crippen LogP contribution in [-0.2, 0) is 25.9 Å². The van der Waals surface area contributed by atoms with E-state index in [9.17, 15) is 4.79 Å². The standard InChI is InChI=1S/C27H32N4O2/c1-3-31-25-12-11-22(30-15-13-21(14-16-30)20-8-5-4-6-9-20)18-24(25)26(28-31)27(32)29(2)19-23-10-7-17-33-23/h4-10,13,17,22H,3,11-12,14-16,18-19H2,1-2H3. The smallest absolute Gasteiger partial charge is 0.274 e. The zero-order chi connectivity index (χ0) is 22.8. The molecule has 1 aromatic carbocycles. The van der Waals surface area contributed by atoms with Crippen molar-refractivity contribution in [2.24, 2.45) is 0 Å². The largest absolute Gasteiger partial charge is 0.467 e. The van der Waals surface area contributed by atoms with Crippen LogP contribution in [-0.4, -0.2) is 51.7 Å². The fourth-order valence-corrected chi connectivity index (χ4v) is 5.23. The van der Waals surface area contributed by atoms with Gasteiger partial charge in [-0.05, 0) is 55.9 Å². The van der Waals surface area contributed by atoms with Crippen LogP contribution in [0, 0.1) is 0 Å². The Hall–Kier alpha value is -3.12. The summed E-state index contributed by atoms with van der Waals surface area (Å²) in [4.78, 5) is 17.6. The molecule has 6 heteroatoms. The maximum Gasteiger partial charge on any atom is 0.274 e. The summed E-state index contributed by atoms with van der Waals surface area (Å²) >= 11 is 0. The highest BCUT2D eigenvalue weighted by Crippen LogP contribution is 2.31. The number of aromatic nitrogens is 2. The summed E-state index contributed by atoms with van der Waals surface area (Å²) in [6.45, 7) is 5.36. The molecule has 0 radical (unpaired) electrons. The van der Waals surface area contributed by atoms with Gasteiger partial charge in [0.05, 0.1) is 12.8 Å². The lowest BCUT2D eigenvalue weighted by atomic mass is 9.88. The fourth-order valence-electron chi connectivity index (χ4n) is 5.23. The Balaban J connectivity index is 1.33. The molecule has 1 unspecified atom stereocenters. The number of amides is 1. The summed E-state index contributed by atoms with van der Waals surface area (Å²) in [5, 5.41) is 4.76. The van der Waals surface area contributed by atoms with E-state index in [1.807, 2.05) is 23.9 Å². The molecule has 6 nitrogen and oxygen atoms in total. The lowest BCUT2D eigenvalue weighted by molar-refractivity contribution is 0.0767. The van der Waals surface area contributed by atoms with Gasteiger partial charge in [-0.25, -0.2) is 0 Å². The summed E-state index contributed by atoms with van der Waals surface area (Å²) in [5.74, 6) is 0.752. The van der Waals surface area contributed by atoms with Crippen LogP contribution >= 0.6 is 0 Å². The van der Waals surface area contributed by atoms with Crippen LogP contribution in [0.25, 0.3) is 5.57 Å². The maximum absolute atomic E-state index is 13.3. The predicted octanol–water partition coefficient (Wildman–Crippen LogP) is 4.41. The average molecular weight is 445 g/mol. The SMILES string of the molecule is CCn1nc(C(=O)N(C)Cc2ccco2)c2c1CCC(N1CC=C(c3ccccc3)CC1)C2. The minimum absolute atomic E-state index is 0.0274. The summed E-state index contributed by atoms with van der Waals surface area (Å²) in [7, 11) is 1.82. The summed E-state index contributed by atoms with van der Waals surface area (Å²) in [6.07, 6.45) is 8.07. The number of rotatable bonds is 6. The first kappa shape index (κ1) is 21.7. The quantitative estimate of drug-likeness (QED) is 0.565. The van der Waals surface area contributed by atoms with Crippen molar-refractivity contribution in [3.8, 4) is 0 Å². The first-order valence-corrected chi connectivity index (χ1v) is 12.0. The highest BCUT2D eigenvalue weighted by atomic mass is 16.3. The number of aryl methyl sites for hydroxylation is 1. The van der Waals surface area contributed by atoms with Gasteiger partial charge in [0, 0.05) is 44.0 Å². The minimum atomic E-state index is -0.0274. The van der Waals surface area contributed by atoms with Crippen LogP contribution in [0.3, 0.4) is 0 Å². The van der Waals surface area contributed by atoms with E-state index in [-0.39, 0.29) is 5.91 Å². The third-order valence-electron chi connectivity index (χ3n) is 7.04. The summed E-state index contributed by atoms with van der Waals surface area (Å²) in [5.41, 5.74) is 5.77. The molecule has 0 saturated carbocycles. The number of carbonyl (C=O) groups is 1. The van der Waals surface area contributed by atoms with Gasteiger partial charge < -0.3 is 9.32 Å². The van der Waals surface area contributed by atoms with Gasteiger partial charge in [-0.2, -0.15) is 5.10 Å². The van der Waals surface area contributed by atoms with Crippen LogP contribution < -0.4 is 0 Å². The molecule has 1 aliphatic carbocycles. The highest BCUT2D eigenvalue weighted by Gasteiger charge is 2.33. The van der Waals surface area contributed by atoms with Crippen molar-refractivity contribution in [3.05, 3.63) is 83.1 Å². The molecule has 1 amide bonds. The molecule has 33 heavy (non-hydrogen) atoms. The van der Waals surface area contributed by atoms with Crippen LogP contribution in [0.15, 0.2) is 59.2 Å². The van der Waals surface area contributed by atoms with Crippen molar-refractivity contribution in [1.82, 2.24) is 19.6 Å². The normalized spacial score (nSPS) is 18.6. The van der Waals surface area contributed by atoms with Crippen molar-refractivity contribution < 1.29 is 9.21 Å². The Labute approximate surface area is 195 Å². The van der Waals surface area contributed by atoms with Crippen LogP contribution in [0.5, 0.6) is 0 Å². The van der Waals surface area contributed by atoms with Crippen LogP contribution in [0.4, 0.5) is 0 Å². The van der Waals surface area contributed by atoms with Crippen molar-refractivity contribution in [2.75, 3.05) is 20.1 Å². The third kappa shape index (κ3) is 4.40. The van der Waals surface area contributed by atoms with Gasteiger partial charge in [0.1, 0.15) is 5.76 Å². The monoisotopic (exact) mass is 444 g/mol. The molecule has 0 N–H and O–H groups in total. The second-order valence-electron chi connectivity index (χ2n) is 9.07. The van der Waals surface area contributed by atoms with Gasteiger partial charge in [-0.15, -0.1) is 0 Å². The maximum atomic E-state index is 13.3. The number of hydrogen-bond acceptors (Lipinski definition) is 4. The molecule has 2 aromatic heterocycles. The van der Waals surface area contributed by atoms with E-state index in [4.69, 9.17) is 9.52 Å². The molecule has 0 fully saturated rings. The number of hydrogen-bond donors (Lipinski definition) is 0. The van der Waals surface area contributed by atoms with Crippen LogP contribution in [0.1, 0.15) is 52.8 Å². The molecular weight excluding hydrogens is 412 g/mol. The summed E-state index contributed by atoms with van der Waals surface area (Å²) in [6, 6.07) is 14.9. The van der Waals surface area contributed by atoms with E-state index in [0.29, 0.717) is 18.3 Å². The molecule has 172 valence electrons.